The molecule has 0 fully saturated rings. The predicted octanol–water partition coefficient (Wildman–Crippen LogP) is 1.62. The van der Waals surface area contributed by atoms with Crippen molar-refractivity contribution in [1.29, 1.82) is 0 Å². The largest absolute Gasteiger partial charge is 0.213 e. The summed E-state index contributed by atoms with van der Waals surface area (Å²) in [5.41, 5.74) is -0.0434. The van der Waals surface area contributed by atoms with E-state index in [2.05, 4.69) is 4.72 Å². The Balaban J connectivity index is 2.71. The fourth-order valence-electron chi connectivity index (χ4n) is 1.04. The summed E-state index contributed by atoms with van der Waals surface area (Å²) in [6.07, 6.45) is 0. The van der Waals surface area contributed by atoms with Crippen LogP contribution in [-0.4, -0.2) is 20.1 Å². The minimum Gasteiger partial charge on any atom is -0.212 e. The molecular weight excluding hydrogens is 260 g/mol. The maximum absolute atomic E-state index is 13.1. The molecule has 0 saturated carbocycles. The molecule has 0 unspecified atom stereocenters. The Morgan fingerprint density at radius 3 is 2.62 bits per heavy atom. The molecule has 0 spiro atoms. The van der Waals surface area contributed by atoms with Gasteiger partial charge < -0.3 is 0 Å². The molecule has 0 aromatic heterocycles. The first-order valence-electron chi connectivity index (χ1n) is 4.42. The third-order valence-corrected chi connectivity index (χ3v) is 3.58. The molecule has 0 aliphatic carbocycles. The Bertz CT molecular complexity index is 465. The van der Waals surface area contributed by atoms with Crippen LogP contribution in [0.15, 0.2) is 18.2 Å². The van der Waals surface area contributed by atoms with E-state index >= 15 is 0 Å². The van der Waals surface area contributed by atoms with Crippen molar-refractivity contribution in [3.05, 3.63) is 35.4 Å². The lowest BCUT2D eigenvalue weighted by molar-refractivity contribution is 0.568. The highest BCUT2D eigenvalue weighted by atomic mass is 35.5. The number of rotatable bonds is 5. The average Bonchev–Trinajstić information content (AvgIpc) is 2.19. The average molecular weight is 270 g/mol. The zero-order valence-electron chi connectivity index (χ0n) is 8.21. The summed E-state index contributed by atoms with van der Waals surface area (Å²) in [7, 11) is -3.53. The molecule has 0 saturated heterocycles. The lowest BCUT2D eigenvalue weighted by Gasteiger charge is -2.06. The minimum atomic E-state index is -3.53. The van der Waals surface area contributed by atoms with Gasteiger partial charge in [-0.25, -0.2) is 21.9 Å². The molecule has 1 N–H and O–H groups in total. The second-order valence-electron chi connectivity index (χ2n) is 3.06. The smallest absolute Gasteiger partial charge is 0.212 e. The Morgan fingerprint density at radius 1 is 1.31 bits per heavy atom. The molecule has 0 amide bonds. The summed E-state index contributed by atoms with van der Waals surface area (Å²) in [5, 5.41) is 0. The van der Waals surface area contributed by atoms with E-state index in [0.717, 1.165) is 18.2 Å². The molecule has 1 aromatic rings. The van der Waals surface area contributed by atoms with E-state index in [4.69, 9.17) is 11.6 Å². The van der Waals surface area contributed by atoms with E-state index in [1.807, 2.05) is 0 Å². The molecular formula is C9H10ClF2NO2S. The second-order valence-corrected chi connectivity index (χ2v) is 5.37. The molecule has 3 nitrogen and oxygen atoms in total. The highest BCUT2D eigenvalue weighted by molar-refractivity contribution is 7.89. The molecule has 0 heterocycles. The van der Waals surface area contributed by atoms with Gasteiger partial charge in [-0.05, 0) is 18.2 Å². The normalized spacial score (nSPS) is 11.7. The van der Waals surface area contributed by atoms with Crippen LogP contribution in [-0.2, 0) is 16.6 Å². The zero-order chi connectivity index (χ0) is 12.2. The molecule has 1 aromatic carbocycles. The Kier molecular flexibility index (Phi) is 4.64. The van der Waals surface area contributed by atoms with Crippen molar-refractivity contribution in [3.8, 4) is 0 Å². The highest BCUT2D eigenvalue weighted by Crippen LogP contribution is 2.09. The van der Waals surface area contributed by atoms with Gasteiger partial charge in [0, 0.05) is 18.0 Å². The van der Waals surface area contributed by atoms with Gasteiger partial charge in [-0.3, -0.25) is 0 Å². The number of alkyl halides is 1. The Labute approximate surface area is 97.5 Å². The first-order chi connectivity index (χ1) is 7.44. The Morgan fingerprint density at radius 2 is 2.00 bits per heavy atom. The lowest BCUT2D eigenvalue weighted by Crippen LogP contribution is -2.27. The van der Waals surface area contributed by atoms with Crippen LogP contribution in [0.3, 0.4) is 0 Å². The fraction of sp³-hybridized carbons (Fsp3) is 0.333. The van der Waals surface area contributed by atoms with Crippen molar-refractivity contribution >= 4 is 21.6 Å². The van der Waals surface area contributed by atoms with E-state index in [1.165, 1.54) is 0 Å². The predicted molar refractivity (Wildman–Crippen MR) is 57.7 cm³/mol. The quantitative estimate of drug-likeness (QED) is 0.826. The topological polar surface area (TPSA) is 46.2 Å². The first-order valence-corrected chi connectivity index (χ1v) is 6.60. The van der Waals surface area contributed by atoms with E-state index < -0.39 is 21.7 Å². The van der Waals surface area contributed by atoms with Crippen molar-refractivity contribution in [2.24, 2.45) is 0 Å². The Hall–Kier alpha value is -0.720. The monoisotopic (exact) mass is 269 g/mol. The van der Waals surface area contributed by atoms with Crippen molar-refractivity contribution < 1.29 is 17.2 Å². The maximum Gasteiger partial charge on any atom is 0.213 e. The second kappa shape index (κ2) is 5.56. The molecule has 0 atom stereocenters. The lowest BCUT2D eigenvalue weighted by atomic mass is 10.2. The zero-order valence-corrected chi connectivity index (χ0v) is 9.78. The van der Waals surface area contributed by atoms with Crippen LogP contribution >= 0.6 is 11.6 Å². The van der Waals surface area contributed by atoms with Gasteiger partial charge >= 0.3 is 0 Å². The summed E-state index contributed by atoms with van der Waals surface area (Å²) >= 11 is 5.27. The summed E-state index contributed by atoms with van der Waals surface area (Å²) < 4.78 is 50.4. The highest BCUT2D eigenvalue weighted by Gasteiger charge is 2.11. The number of nitrogens with one attached hydrogen (secondary N) is 1. The summed E-state index contributed by atoms with van der Waals surface area (Å²) in [5.74, 6) is -1.59. The van der Waals surface area contributed by atoms with Gasteiger partial charge in [0.15, 0.2) is 0 Å². The number of benzene rings is 1. The van der Waals surface area contributed by atoms with Crippen LogP contribution in [0, 0.1) is 11.6 Å². The van der Waals surface area contributed by atoms with Gasteiger partial charge in [0.05, 0.1) is 5.75 Å². The summed E-state index contributed by atoms with van der Waals surface area (Å²) in [6, 6.07) is 2.85. The van der Waals surface area contributed by atoms with Gasteiger partial charge in [0.1, 0.15) is 11.6 Å². The van der Waals surface area contributed by atoms with Gasteiger partial charge in [-0.2, -0.15) is 0 Å². The van der Waals surface area contributed by atoms with Crippen LogP contribution in [0.2, 0.25) is 0 Å². The molecule has 0 radical (unpaired) electrons. The van der Waals surface area contributed by atoms with Crippen LogP contribution < -0.4 is 4.72 Å². The molecule has 16 heavy (non-hydrogen) atoms. The number of halogens is 3. The SMILES string of the molecule is O=S(=O)(CCCl)NCc1cc(F)ccc1F. The van der Waals surface area contributed by atoms with E-state index in [1.54, 1.807) is 0 Å². The van der Waals surface area contributed by atoms with Gasteiger partial charge in [0.25, 0.3) is 0 Å². The van der Waals surface area contributed by atoms with E-state index in [0.29, 0.717) is 0 Å². The first kappa shape index (κ1) is 13.3. The third-order valence-electron chi connectivity index (χ3n) is 1.84. The van der Waals surface area contributed by atoms with E-state index in [-0.39, 0.29) is 23.7 Å². The van der Waals surface area contributed by atoms with Crippen LogP contribution in [0.1, 0.15) is 5.56 Å². The standard InChI is InChI=1S/C9H10ClF2NO2S/c10-3-4-16(14,15)13-6-7-5-8(11)1-2-9(7)12/h1-2,5,13H,3-4,6H2. The van der Waals surface area contributed by atoms with E-state index in [9.17, 15) is 17.2 Å². The van der Waals surface area contributed by atoms with Crippen molar-refractivity contribution in [3.63, 3.8) is 0 Å². The van der Waals surface area contributed by atoms with Gasteiger partial charge in [-0.1, -0.05) is 0 Å². The van der Waals surface area contributed by atoms with Crippen LogP contribution in [0.25, 0.3) is 0 Å². The molecule has 7 heteroatoms. The van der Waals surface area contributed by atoms with Crippen LogP contribution in [0.4, 0.5) is 8.78 Å². The number of hydrogen-bond acceptors (Lipinski definition) is 2. The van der Waals surface area contributed by atoms with Crippen molar-refractivity contribution in [2.45, 2.75) is 6.54 Å². The maximum atomic E-state index is 13.1. The third kappa shape index (κ3) is 4.03. The molecule has 1 rings (SSSR count). The minimum absolute atomic E-state index is 0.0434. The summed E-state index contributed by atoms with van der Waals surface area (Å²) in [4.78, 5) is 0. The van der Waals surface area contributed by atoms with Crippen LogP contribution in [0.5, 0.6) is 0 Å². The van der Waals surface area contributed by atoms with Gasteiger partial charge in [0.2, 0.25) is 10.0 Å². The summed E-state index contributed by atoms with van der Waals surface area (Å²) in [6.45, 7) is -0.289. The van der Waals surface area contributed by atoms with Crippen molar-refractivity contribution in [1.82, 2.24) is 4.72 Å². The molecule has 0 bridgehead atoms. The van der Waals surface area contributed by atoms with Gasteiger partial charge in [-0.15, -0.1) is 11.6 Å². The fourth-order valence-corrected chi connectivity index (χ4v) is 2.37. The number of sulfonamides is 1. The number of hydrogen-bond donors (Lipinski definition) is 1. The van der Waals surface area contributed by atoms with Crippen molar-refractivity contribution in [2.75, 3.05) is 11.6 Å². The molecule has 90 valence electrons. The molecule has 0 aliphatic heterocycles. The molecule has 0 aliphatic rings.